The van der Waals surface area contributed by atoms with Crippen LogP contribution < -0.4 is 5.32 Å². The van der Waals surface area contributed by atoms with E-state index in [-0.39, 0.29) is 5.91 Å². The predicted octanol–water partition coefficient (Wildman–Crippen LogP) is 1.87. The molecule has 1 amide bonds. The van der Waals surface area contributed by atoms with Crippen LogP contribution in [0.2, 0.25) is 0 Å². The molecule has 0 aromatic carbocycles. The van der Waals surface area contributed by atoms with Gasteiger partial charge in [-0.3, -0.25) is 9.89 Å². The zero-order chi connectivity index (χ0) is 12.0. The minimum Gasteiger partial charge on any atom is -0.360 e. The molecule has 7 heteroatoms. The maximum Gasteiger partial charge on any atom is 0.224 e. The second-order valence-electron chi connectivity index (χ2n) is 3.16. The highest BCUT2D eigenvalue weighted by Crippen LogP contribution is 2.10. The number of aromatic nitrogens is 2. The summed E-state index contributed by atoms with van der Waals surface area (Å²) in [4.78, 5) is 13.5. The van der Waals surface area contributed by atoms with E-state index in [2.05, 4.69) is 15.5 Å². The van der Waals surface area contributed by atoms with Crippen LogP contribution in [0.3, 0.4) is 0 Å². The average molecular weight is 260 g/mol. The lowest BCUT2D eigenvalue weighted by molar-refractivity contribution is -0.130. The van der Waals surface area contributed by atoms with Gasteiger partial charge in [-0.15, -0.1) is 5.10 Å². The van der Waals surface area contributed by atoms with Crippen LogP contribution in [0.4, 0.5) is 5.13 Å². The van der Waals surface area contributed by atoms with Gasteiger partial charge in [-0.1, -0.05) is 11.3 Å². The summed E-state index contributed by atoms with van der Waals surface area (Å²) in [5.41, 5.74) is 0. The second kappa shape index (κ2) is 6.59. The predicted molar refractivity (Wildman–Crippen MR) is 68.3 cm³/mol. The van der Waals surface area contributed by atoms with E-state index in [1.165, 1.54) is 11.3 Å². The summed E-state index contributed by atoms with van der Waals surface area (Å²) in [5, 5.41) is 10.4. The molecule has 0 aliphatic carbocycles. The molecule has 1 heterocycles. The molecular weight excluding hydrogens is 244 g/mol. The van der Waals surface area contributed by atoms with Crippen LogP contribution >= 0.6 is 23.6 Å². The smallest absolute Gasteiger partial charge is 0.224 e. The van der Waals surface area contributed by atoms with Crippen LogP contribution in [-0.4, -0.2) is 40.6 Å². The molecule has 1 aromatic rings. The van der Waals surface area contributed by atoms with Gasteiger partial charge in [0.05, 0.1) is 0 Å². The Morgan fingerprint density at radius 3 is 2.75 bits per heavy atom. The number of carbonyl (C=O) groups is 1. The number of hydrogen-bond donors (Lipinski definition) is 2. The molecule has 0 aliphatic rings. The van der Waals surface area contributed by atoms with Gasteiger partial charge in [0.1, 0.15) is 0 Å². The van der Waals surface area contributed by atoms with Crippen molar-refractivity contribution in [3.63, 3.8) is 0 Å². The standard InChI is InChI=1S/C9H16N4OS2/c1-3-13(4-2)7(14)5-6-10-8-11-12-9(15)16-8/h3-6H2,1-2H3,(H,10,11)(H,12,15). The highest BCUT2D eigenvalue weighted by molar-refractivity contribution is 7.73. The Morgan fingerprint density at radius 1 is 1.56 bits per heavy atom. The molecule has 16 heavy (non-hydrogen) atoms. The first kappa shape index (κ1) is 13.1. The fraction of sp³-hybridized carbons (Fsp3) is 0.667. The summed E-state index contributed by atoms with van der Waals surface area (Å²) in [6, 6.07) is 0. The lowest BCUT2D eigenvalue weighted by atomic mass is 10.3. The van der Waals surface area contributed by atoms with Crippen molar-refractivity contribution in [2.24, 2.45) is 0 Å². The van der Waals surface area contributed by atoms with E-state index in [0.717, 1.165) is 18.2 Å². The van der Waals surface area contributed by atoms with Gasteiger partial charge in [-0.25, -0.2) is 0 Å². The van der Waals surface area contributed by atoms with E-state index < -0.39 is 0 Å². The first-order valence-corrected chi connectivity index (χ1v) is 6.47. The summed E-state index contributed by atoms with van der Waals surface area (Å²) < 4.78 is 0.637. The largest absolute Gasteiger partial charge is 0.360 e. The van der Waals surface area contributed by atoms with Gasteiger partial charge in [-0.2, -0.15) is 0 Å². The van der Waals surface area contributed by atoms with E-state index in [1.807, 2.05) is 18.7 Å². The van der Waals surface area contributed by atoms with Crippen molar-refractivity contribution in [1.82, 2.24) is 15.1 Å². The van der Waals surface area contributed by atoms with E-state index in [0.29, 0.717) is 16.9 Å². The van der Waals surface area contributed by atoms with Crippen LogP contribution in [0, 0.1) is 3.95 Å². The first-order chi connectivity index (χ1) is 7.67. The third-order valence-electron chi connectivity index (χ3n) is 2.17. The van der Waals surface area contributed by atoms with Crippen LogP contribution in [0.5, 0.6) is 0 Å². The van der Waals surface area contributed by atoms with Crippen LogP contribution in [0.25, 0.3) is 0 Å². The van der Waals surface area contributed by atoms with Gasteiger partial charge < -0.3 is 10.2 Å². The number of aromatic amines is 1. The van der Waals surface area contributed by atoms with Crippen molar-refractivity contribution in [3.8, 4) is 0 Å². The lowest BCUT2D eigenvalue weighted by Crippen LogP contribution is -2.31. The molecular formula is C9H16N4OS2. The summed E-state index contributed by atoms with van der Waals surface area (Å²) in [6.45, 7) is 6.07. The molecule has 0 saturated heterocycles. The van der Waals surface area contributed by atoms with Gasteiger partial charge in [0, 0.05) is 26.1 Å². The maximum atomic E-state index is 11.6. The molecule has 0 unspecified atom stereocenters. The second-order valence-corrected chi connectivity index (χ2v) is 4.83. The van der Waals surface area contributed by atoms with E-state index in [9.17, 15) is 4.79 Å². The number of carbonyl (C=O) groups excluding carboxylic acids is 1. The number of H-pyrrole nitrogens is 1. The number of amides is 1. The Balaban J connectivity index is 2.30. The fourth-order valence-corrected chi connectivity index (χ4v) is 2.13. The van der Waals surface area contributed by atoms with Gasteiger partial charge in [0.15, 0.2) is 3.95 Å². The summed E-state index contributed by atoms with van der Waals surface area (Å²) >= 11 is 6.27. The SMILES string of the molecule is CCN(CC)C(=O)CCNc1n[nH]c(=S)s1. The zero-order valence-electron chi connectivity index (χ0n) is 9.45. The fourth-order valence-electron chi connectivity index (χ4n) is 1.32. The molecule has 0 atom stereocenters. The molecule has 2 N–H and O–H groups in total. The molecule has 0 aliphatic heterocycles. The van der Waals surface area contributed by atoms with Crippen molar-refractivity contribution in [1.29, 1.82) is 0 Å². The quantitative estimate of drug-likeness (QED) is 0.767. The van der Waals surface area contributed by atoms with Gasteiger partial charge in [-0.05, 0) is 26.1 Å². The van der Waals surface area contributed by atoms with E-state index in [4.69, 9.17) is 12.2 Å². The monoisotopic (exact) mass is 260 g/mol. The number of hydrogen-bond acceptors (Lipinski definition) is 5. The molecule has 0 bridgehead atoms. The van der Waals surface area contributed by atoms with E-state index in [1.54, 1.807) is 0 Å². The lowest BCUT2D eigenvalue weighted by Gasteiger charge is -2.18. The molecule has 0 radical (unpaired) electrons. The minimum atomic E-state index is 0.164. The Bertz CT molecular complexity index is 383. The van der Waals surface area contributed by atoms with Crippen molar-refractivity contribution < 1.29 is 4.79 Å². The van der Waals surface area contributed by atoms with Crippen molar-refractivity contribution in [2.75, 3.05) is 25.0 Å². The van der Waals surface area contributed by atoms with Crippen LogP contribution in [0.15, 0.2) is 0 Å². The minimum absolute atomic E-state index is 0.164. The molecule has 5 nitrogen and oxygen atoms in total. The molecule has 0 saturated carbocycles. The molecule has 0 spiro atoms. The van der Waals surface area contributed by atoms with E-state index >= 15 is 0 Å². The third-order valence-corrected chi connectivity index (χ3v) is 3.22. The summed E-state index contributed by atoms with van der Waals surface area (Å²) in [7, 11) is 0. The Morgan fingerprint density at radius 2 is 2.25 bits per heavy atom. The van der Waals surface area contributed by atoms with Crippen molar-refractivity contribution in [3.05, 3.63) is 3.95 Å². The first-order valence-electron chi connectivity index (χ1n) is 5.24. The highest BCUT2D eigenvalue weighted by Gasteiger charge is 2.08. The van der Waals surface area contributed by atoms with Crippen LogP contribution in [-0.2, 0) is 4.79 Å². The van der Waals surface area contributed by atoms with Gasteiger partial charge in [0.2, 0.25) is 11.0 Å². The molecule has 1 rings (SSSR count). The average Bonchev–Trinajstić information content (AvgIpc) is 2.66. The van der Waals surface area contributed by atoms with Gasteiger partial charge >= 0.3 is 0 Å². The third kappa shape index (κ3) is 3.90. The number of rotatable bonds is 6. The highest BCUT2D eigenvalue weighted by atomic mass is 32.1. The Hall–Kier alpha value is -0.950. The number of nitrogens with zero attached hydrogens (tertiary/aromatic N) is 2. The van der Waals surface area contributed by atoms with Gasteiger partial charge in [0.25, 0.3) is 0 Å². The van der Waals surface area contributed by atoms with Crippen molar-refractivity contribution >= 4 is 34.6 Å². The maximum absolute atomic E-state index is 11.6. The zero-order valence-corrected chi connectivity index (χ0v) is 11.1. The Kier molecular flexibility index (Phi) is 5.41. The Labute approximate surface area is 104 Å². The summed E-state index contributed by atoms with van der Waals surface area (Å²) in [5.74, 6) is 0.164. The summed E-state index contributed by atoms with van der Waals surface area (Å²) in [6.07, 6.45) is 0.480. The number of nitrogens with one attached hydrogen (secondary N) is 2. The molecule has 0 fully saturated rings. The number of anilines is 1. The van der Waals surface area contributed by atoms with Crippen molar-refractivity contribution in [2.45, 2.75) is 20.3 Å². The van der Waals surface area contributed by atoms with Crippen LogP contribution in [0.1, 0.15) is 20.3 Å². The normalized spacial score (nSPS) is 10.1. The topological polar surface area (TPSA) is 61.0 Å². The molecule has 90 valence electrons. The molecule has 1 aromatic heterocycles.